The zero-order valence-electron chi connectivity index (χ0n) is 8.59. The van der Waals surface area contributed by atoms with Crippen LogP contribution in [-0.2, 0) is 6.42 Å². The molecule has 0 bridgehead atoms. The van der Waals surface area contributed by atoms with Gasteiger partial charge in [0.05, 0.1) is 0 Å². The van der Waals surface area contributed by atoms with E-state index in [1.54, 1.807) is 0 Å². The normalized spacial score (nSPS) is 9.29. The van der Waals surface area contributed by atoms with Crippen molar-refractivity contribution in [3.63, 3.8) is 0 Å². The molecule has 0 saturated carbocycles. The predicted octanol–water partition coefficient (Wildman–Crippen LogP) is 2.37. The summed E-state index contributed by atoms with van der Waals surface area (Å²) in [7, 11) is 0. The molecule has 0 atom stereocenters. The molecule has 0 radical (unpaired) electrons. The van der Waals surface area contributed by atoms with E-state index in [1.807, 2.05) is 24.3 Å². The third-order valence-electron chi connectivity index (χ3n) is 2.00. The van der Waals surface area contributed by atoms with Crippen molar-refractivity contribution in [2.24, 2.45) is 0 Å². The molecule has 1 rings (SSSR count). The molecule has 0 saturated heterocycles. The molecule has 1 nitrogen and oxygen atoms in total. The molecule has 1 N–H and O–H groups in total. The van der Waals surface area contributed by atoms with E-state index in [-0.39, 0.29) is 6.61 Å². The molecule has 0 heterocycles. The lowest BCUT2D eigenvalue weighted by Gasteiger charge is -2.00. The average Bonchev–Trinajstić information content (AvgIpc) is 2.21. The number of hydrogen-bond donors (Lipinski definition) is 1. The molecule has 1 aromatic rings. The largest absolute Gasteiger partial charge is 0.396 e. The van der Waals surface area contributed by atoms with Gasteiger partial charge in [-0.3, -0.25) is 0 Å². The van der Waals surface area contributed by atoms with E-state index in [1.165, 1.54) is 0 Å². The molecule has 14 heavy (non-hydrogen) atoms. The van der Waals surface area contributed by atoms with E-state index in [4.69, 9.17) is 5.11 Å². The first-order valence-corrected chi connectivity index (χ1v) is 5.06. The zero-order valence-corrected chi connectivity index (χ0v) is 8.59. The van der Waals surface area contributed by atoms with Crippen molar-refractivity contribution in [1.29, 1.82) is 0 Å². The highest BCUT2D eigenvalue weighted by molar-refractivity contribution is 5.41. The van der Waals surface area contributed by atoms with Gasteiger partial charge in [0.15, 0.2) is 0 Å². The van der Waals surface area contributed by atoms with Crippen LogP contribution in [0.5, 0.6) is 0 Å². The van der Waals surface area contributed by atoms with E-state index >= 15 is 0 Å². The average molecular weight is 188 g/mol. The summed E-state index contributed by atoms with van der Waals surface area (Å²) < 4.78 is 0. The van der Waals surface area contributed by atoms with E-state index in [9.17, 15) is 0 Å². The fraction of sp³-hybridized carbons (Fsp3) is 0.385. The van der Waals surface area contributed by atoms with E-state index in [2.05, 4.69) is 18.8 Å². The Labute approximate surface area is 85.8 Å². The van der Waals surface area contributed by atoms with Crippen LogP contribution in [0, 0.1) is 11.8 Å². The summed E-state index contributed by atoms with van der Waals surface area (Å²) in [6.07, 6.45) is 2.72. The van der Waals surface area contributed by atoms with Crippen molar-refractivity contribution in [3.8, 4) is 11.8 Å². The Bertz CT molecular complexity index is 331. The molecule has 0 unspecified atom stereocenters. The summed E-state index contributed by atoms with van der Waals surface area (Å²) in [5.41, 5.74) is 2.19. The number of unbranched alkanes of at least 4 members (excludes halogenated alkanes) is 1. The maximum Gasteiger partial charge on any atom is 0.0471 e. The van der Waals surface area contributed by atoms with Crippen molar-refractivity contribution in [1.82, 2.24) is 0 Å². The van der Waals surface area contributed by atoms with Gasteiger partial charge in [-0.25, -0.2) is 0 Å². The Morgan fingerprint density at radius 1 is 1.29 bits per heavy atom. The van der Waals surface area contributed by atoms with Crippen LogP contribution in [0.15, 0.2) is 24.3 Å². The smallest absolute Gasteiger partial charge is 0.0471 e. The zero-order chi connectivity index (χ0) is 10.2. The topological polar surface area (TPSA) is 20.2 Å². The van der Waals surface area contributed by atoms with Crippen LogP contribution >= 0.6 is 0 Å². The first kappa shape index (κ1) is 10.8. The van der Waals surface area contributed by atoms with Crippen molar-refractivity contribution in [3.05, 3.63) is 35.4 Å². The van der Waals surface area contributed by atoms with Crippen molar-refractivity contribution in [2.75, 3.05) is 6.61 Å². The van der Waals surface area contributed by atoms with Crippen LogP contribution in [0.3, 0.4) is 0 Å². The summed E-state index contributed by atoms with van der Waals surface area (Å²) in [4.78, 5) is 0. The van der Waals surface area contributed by atoms with Crippen LogP contribution in [0.1, 0.15) is 30.9 Å². The second-order valence-electron chi connectivity index (χ2n) is 3.18. The molecule has 1 aromatic carbocycles. The highest BCUT2D eigenvalue weighted by Gasteiger charge is 1.96. The SMILES string of the molecule is CCCC#Cc1ccccc1CCO. The third kappa shape index (κ3) is 3.24. The molecular weight excluding hydrogens is 172 g/mol. The van der Waals surface area contributed by atoms with Gasteiger partial charge in [-0.05, 0) is 24.5 Å². The standard InChI is InChI=1S/C13H16O/c1-2-3-4-7-12-8-5-6-9-13(12)10-11-14/h5-6,8-9,14H,2-3,10-11H2,1H3. The van der Waals surface area contributed by atoms with Gasteiger partial charge >= 0.3 is 0 Å². The Morgan fingerprint density at radius 3 is 2.79 bits per heavy atom. The first-order valence-electron chi connectivity index (χ1n) is 5.06. The Balaban J connectivity index is 2.80. The molecule has 0 aliphatic carbocycles. The maximum absolute atomic E-state index is 8.87. The Kier molecular flexibility index (Phi) is 4.82. The fourth-order valence-corrected chi connectivity index (χ4v) is 1.26. The van der Waals surface area contributed by atoms with Gasteiger partial charge in [0.2, 0.25) is 0 Å². The molecular formula is C13H16O. The lowest BCUT2D eigenvalue weighted by molar-refractivity contribution is 0.299. The van der Waals surface area contributed by atoms with E-state index < -0.39 is 0 Å². The summed E-state index contributed by atoms with van der Waals surface area (Å²) in [5.74, 6) is 6.26. The molecule has 0 fully saturated rings. The van der Waals surface area contributed by atoms with Crippen molar-refractivity contribution >= 4 is 0 Å². The molecule has 0 aliphatic heterocycles. The third-order valence-corrected chi connectivity index (χ3v) is 2.00. The minimum Gasteiger partial charge on any atom is -0.396 e. The number of hydrogen-bond acceptors (Lipinski definition) is 1. The second kappa shape index (κ2) is 6.23. The second-order valence-corrected chi connectivity index (χ2v) is 3.18. The quantitative estimate of drug-likeness (QED) is 0.722. The fourth-order valence-electron chi connectivity index (χ4n) is 1.26. The van der Waals surface area contributed by atoms with E-state index in [0.29, 0.717) is 6.42 Å². The van der Waals surface area contributed by atoms with Gasteiger partial charge in [0.25, 0.3) is 0 Å². The maximum atomic E-state index is 8.87. The van der Waals surface area contributed by atoms with Crippen molar-refractivity contribution < 1.29 is 5.11 Å². The minimum atomic E-state index is 0.187. The highest BCUT2D eigenvalue weighted by atomic mass is 16.2. The number of benzene rings is 1. The summed E-state index contributed by atoms with van der Waals surface area (Å²) in [6, 6.07) is 7.99. The summed E-state index contributed by atoms with van der Waals surface area (Å²) >= 11 is 0. The molecule has 74 valence electrons. The molecule has 0 aromatic heterocycles. The van der Waals surface area contributed by atoms with Gasteiger partial charge in [0, 0.05) is 18.6 Å². The van der Waals surface area contributed by atoms with E-state index in [0.717, 1.165) is 24.0 Å². The van der Waals surface area contributed by atoms with Crippen LogP contribution in [-0.4, -0.2) is 11.7 Å². The van der Waals surface area contributed by atoms with Gasteiger partial charge in [-0.15, -0.1) is 0 Å². The lowest BCUT2D eigenvalue weighted by atomic mass is 10.1. The van der Waals surface area contributed by atoms with Gasteiger partial charge < -0.3 is 5.11 Å². The monoisotopic (exact) mass is 188 g/mol. The molecule has 0 amide bonds. The number of aliphatic hydroxyl groups is 1. The van der Waals surface area contributed by atoms with Gasteiger partial charge in [-0.1, -0.05) is 37.0 Å². The molecule has 1 heteroatoms. The lowest BCUT2D eigenvalue weighted by Crippen LogP contribution is -1.93. The summed E-state index contributed by atoms with van der Waals surface area (Å²) in [5, 5.41) is 8.87. The molecule has 0 aliphatic rings. The Hall–Kier alpha value is -1.26. The number of rotatable bonds is 3. The summed E-state index contributed by atoms with van der Waals surface area (Å²) in [6.45, 7) is 2.31. The van der Waals surface area contributed by atoms with Crippen LogP contribution in [0.4, 0.5) is 0 Å². The Morgan fingerprint density at radius 2 is 2.07 bits per heavy atom. The minimum absolute atomic E-state index is 0.187. The predicted molar refractivity (Wildman–Crippen MR) is 59.0 cm³/mol. The van der Waals surface area contributed by atoms with Gasteiger partial charge in [-0.2, -0.15) is 0 Å². The van der Waals surface area contributed by atoms with Crippen molar-refractivity contribution in [2.45, 2.75) is 26.2 Å². The highest BCUT2D eigenvalue weighted by Crippen LogP contribution is 2.07. The van der Waals surface area contributed by atoms with Crippen LogP contribution in [0.25, 0.3) is 0 Å². The van der Waals surface area contributed by atoms with Crippen LogP contribution < -0.4 is 0 Å². The van der Waals surface area contributed by atoms with Crippen LogP contribution in [0.2, 0.25) is 0 Å². The molecule has 0 spiro atoms. The number of aliphatic hydroxyl groups excluding tert-OH is 1. The first-order chi connectivity index (χ1) is 6.88. The van der Waals surface area contributed by atoms with Gasteiger partial charge in [0.1, 0.15) is 0 Å².